The van der Waals surface area contributed by atoms with Crippen LogP contribution in [0.1, 0.15) is 19.3 Å². The van der Waals surface area contributed by atoms with Crippen LogP contribution in [0.4, 0.5) is 0 Å². The molecule has 1 saturated carbocycles. The summed E-state index contributed by atoms with van der Waals surface area (Å²) in [5.74, 6) is 0.450. The summed E-state index contributed by atoms with van der Waals surface area (Å²) >= 11 is 0. The average Bonchev–Trinajstić information content (AvgIpc) is 2.29. The summed E-state index contributed by atoms with van der Waals surface area (Å²) in [6.45, 7) is 0. The van der Waals surface area contributed by atoms with E-state index in [0.717, 1.165) is 19.3 Å². The molecule has 1 nitrogen and oxygen atoms in total. The first kappa shape index (κ1) is 4.30. The molecule has 1 heteroatoms. The highest BCUT2D eigenvalue weighted by Crippen LogP contribution is 2.49. The van der Waals surface area contributed by atoms with Gasteiger partial charge in [-0.15, -0.1) is 0 Å². The molecule has 1 spiro atoms. The van der Waals surface area contributed by atoms with Gasteiger partial charge < -0.3 is 0 Å². The molecule has 0 heterocycles. The molecule has 0 bridgehead atoms. The third-order valence-electron chi connectivity index (χ3n) is 2.10. The lowest BCUT2D eigenvalue weighted by molar-refractivity contribution is -0.112. The van der Waals surface area contributed by atoms with Crippen molar-refractivity contribution in [3.63, 3.8) is 0 Å². The van der Waals surface area contributed by atoms with Crippen molar-refractivity contribution >= 4 is 5.78 Å². The highest BCUT2D eigenvalue weighted by Gasteiger charge is 2.52. The zero-order chi connectivity index (χ0) is 5.61. The van der Waals surface area contributed by atoms with Gasteiger partial charge >= 0.3 is 0 Å². The Hall–Kier alpha value is -0.590. The molecule has 1 fully saturated rings. The first-order valence-electron chi connectivity index (χ1n) is 3.05. The number of allylic oxidation sites excluding steroid dienone is 2. The van der Waals surface area contributed by atoms with Gasteiger partial charge in [0.2, 0.25) is 0 Å². The molecule has 0 aromatic carbocycles. The Labute approximate surface area is 48.4 Å². The summed E-state index contributed by atoms with van der Waals surface area (Å²) in [5, 5.41) is 0. The number of carbonyl (C=O) groups excluding carboxylic acids is 1. The quantitative estimate of drug-likeness (QED) is 0.427. The minimum atomic E-state index is 0.0833. The second kappa shape index (κ2) is 1.04. The third kappa shape index (κ3) is 0.347. The van der Waals surface area contributed by atoms with Crippen molar-refractivity contribution in [3.05, 3.63) is 12.2 Å². The second-order valence-electron chi connectivity index (χ2n) is 2.70. The van der Waals surface area contributed by atoms with E-state index in [0.29, 0.717) is 5.78 Å². The van der Waals surface area contributed by atoms with Crippen LogP contribution in [0.2, 0.25) is 0 Å². The first-order valence-corrected chi connectivity index (χ1v) is 3.05. The maximum Gasteiger partial charge on any atom is 0.144 e. The summed E-state index contributed by atoms with van der Waals surface area (Å²) < 4.78 is 0. The van der Waals surface area contributed by atoms with Crippen LogP contribution in [0, 0.1) is 5.41 Å². The Kier molecular flexibility index (Phi) is 0.561. The summed E-state index contributed by atoms with van der Waals surface area (Å²) in [5.41, 5.74) is 0.0833. The smallest absolute Gasteiger partial charge is 0.144 e. The summed E-state index contributed by atoms with van der Waals surface area (Å²) in [6.07, 6.45) is 7.22. The minimum Gasteiger partial charge on any atom is -0.299 e. The number of carbonyl (C=O) groups is 1. The third-order valence-corrected chi connectivity index (χ3v) is 2.10. The van der Waals surface area contributed by atoms with E-state index < -0.39 is 0 Å². The number of Topliss-reactive ketones (excluding diaryl/α,β-unsaturated/α-hetero) is 1. The van der Waals surface area contributed by atoms with Gasteiger partial charge in [0.25, 0.3) is 0 Å². The van der Waals surface area contributed by atoms with E-state index in [4.69, 9.17) is 0 Å². The maximum absolute atomic E-state index is 10.7. The van der Waals surface area contributed by atoms with Crippen LogP contribution in [-0.4, -0.2) is 5.78 Å². The number of hydrogen-bond donors (Lipinski definition) is 0. The molecule has 0 N–H and O–H groups in total. The van der Waals surface area contributed by atoms with Crippen molar-refractivity contribution in [3.8, 4) is 0 Å². The minimum absolute atomic E-state index is 0.0833. The Balaban J connectivity index is 2.29. The molecule has 1 atom stereocenters. The zero-order valence-electron chi connectivity index (χ0n) is 4.68. The summed E-state index contributed by atoms with van der Waals surface area (Å²) in [4.78, 5) is 10.7. The Morgan fingerprint density at radius 3 is 2.62 bits per heavy atom. The van der Waals surface area contributed by atoms with Gasteiger partial charge in [0.05, 0.1) is 5.41 Å². The van der Waals surface area contributed by atoms with Gasteiger partial charge in [-0.05, 0) is 12.8 Å². The largest absolute Gasteiger partial charge is 0.299 e. The van der Waals surface area contributed by atoms with E-state index in [2.05, 4.69) is 12.2 Å². The lowest BCUT2D eigenvalue weighted by Gasteiger charge is -1.92. The van der Waals surface area contributed by atoms with Crippen molar-refractivity contribution in [1.82, 2.24) is 0 Å². The van der Waals surface area contributed by atoms with Crippen molar-refractivity contribution in [2.75, 3.05) is 0 Å². The Morgan fingerprint density at radius 1 is 1.62 bits per heavy atom. The molecule has 2 rings (SSSR count). The van der Waals surface area contributed by atoms with Crippen LogP contribution in [0.3, 0.4) is 0 Å². The maximum atomic E-state index is 10.7. The summed E-state index contributed by atoms with van der Waals surface area (Å²) in [7, 11) is 0. The van der Waals surface area contributed by atoms with Crippen molar-refractivity contribution in [1.29, 1.82) is 0 Å². The van der Waals surface area contributed by atoms with E-state index in [1.165, 1.54) is 0 Å². The van der Waals surface area contributed by atoms with E-state index in [1.54, 1.807) is 0 Å². The van der Waals surface area contributed by atoms with Gasteiger partial charge in [0.15, 0.2) is 0 Å². The number of rotatable bonds is 0. The molecule has 0 saturated heterocycles. The number of ketones is 1. The Bertz CT molecular complexity index is 169. The predicted molar refractivity (Wildman–Crippen MR) is 30.4 cm³/mol. The Morgan fingerprint density at radius 2 is 2.38 bits per heavy atom. The second-order valence-corrected chi connectivity index (χ2v) is 2.70. The van der Waals surface area contributed by atoms with Crippen LogP contribution >= 0.6 is 0 Å². The molecule has 42 valence electrons. The monoisotopic (exact) mass is 108 g/mol. The molecule has 0 aromatic rings. The lowest BCUT2D eigenvalue weighted by Crippen LogP contribution is -1.91. The fraction of sp³-hybridized carbons (Fsp3) is 0.571. The van der Waals surface area contributed by atoms with Crippen LogP contribution in [0.25, 0.3) is 0 Å². The van der Waals surface area contributed by atoms with Crippen LogP contribution in [0.5, 0.6) is 0 Å². The molecule has 1 unspecified atom stereocenters. The molecule has 0 aliphatic heterocycles. The standard InChI is InChI=1S/C7H8O/c8-6-5-7(6)3-1-2-4-7/h1,3H,2,4-5H2. The molecular weight excluding hydrogens is 100 g/mol. The molecular formula is C7H8O. The van der Waals surface area contributed by atoms with E-state index in [1.807, 2.05) is 0 Å². The normalized spacial score (nSPS) is 41.8. The van der Waals surface area contributed by atoms with Crippen LogP contribution < -0.4 is 0 Å². The van der Waals surface area contributed by atoms with Gasteiger partial charge in [-0.3, -0.25) is 4.79 Å². The molecule has 8 heavy (non-hydrogen) atoms. The topological polar surface area (TPSA) is 17.1 Å². The fourth-order valence-electron chi connectivity index (χ4n) is 1.36. The van der Waals surface area contributed by atoms with Crippen molar-refractivity contribution in [2.45, 2.75) is 19.3 Å². The van der Waals surface area contributed by atoms with Crippen molar-refractivity contribution < 1.29 is 4.79 Å². The number of hydrogen-bond acceptors (Lipinski definition) is 1. The van der Waals surface area contributed by atoms with Crippen LogP contribution in [0.15, 0.2) is 12.2 Å². The lowest BCUT2D eigenvalue weighted by atomic mass is 10.1. The average molecular weight is 108 g/mol. The van der Waals surface area contributed by atoms with E-state index in [-0.39, 0.29) is 5.41 Å². The highest BCUT2D eigenvalue weighted by molar-refractivity contribution is 6.03. The summed E-state index contributed by atoms with van der Waals surface area (Å²) in [6, 6.07) is 0. The first-order chi connectivity index (χ1) is 3.83. The van der Waals surface area contributed by atoms with Gasteiger partial charge in [0, 0.05) is 6.42 Å². The highest BCUT2D eigenvalue weighted by atomic mass is 16.1. The van der Waals surface area contributed by atoms with E-state index >= 15 is 0 Å². The predicted octanol–water partition coefficient (Wildman–Crippen LogP) is 1.30. The molecule has 0 aromatic heterocycles. The van der Waals surface area contributed by atoms with Gasteiger partial charge in [-0.2, -0.15) is 0 Å². The molecule has 2 aliphatic rings. The van der Waals surface area contributed by atoms with E-state index in [9.17, 15) is 4.79 Å². The van der Waals surface area contributed by atoms with Crippen LogP contribution in [-0.2, 0) is 4.79 Å². The molecule has 0 amide bonds. The van der Waals surface area contributed by atoms with Crippen molar-refractivity contribution in [2.24, 2.45) is 5.41 Å². The molecule has 2 aliphatic carbocycles. The van der Waals surface area contributed by atoms with Gasteiger partial charge in [-0.25, -0.2) is 0 Å². The van der Waals surface area contributed by atoms with Gasteiger partial charge in [0.1, 0.15) is 5.78 Å². The molecule has 0 radical (unpaired) electrons. The SMILES string of the molecule is O=C1CC12C=CCC2. The zero-order valence-corrected chi connectivity index (χ0v) is 4.68. The fourth-order valence-corrected chi connectivity index (χ4v) is 1.36. The van der Waals surface area contributed by atoms with Gasteiger partial charge in [-0.1, -0.05) is 12.2 Å².